The summed E-state index contributed by atoms with van der Waals surface area (Å²) in [6.45, 7) is 0.779. The summed E-state index contributed by atoms with van der Waals surface area (Å²) in [5.41, 5.74) is 2.83. The van der Waals surface area contributed by atoms with E-state index in [0.717, 1.165) is 42.7 Å². The van der Waals surface area contributed by atoms with Crippen LogP contribution >= 0.6 is 0 Å². The van der Waals surface area contributed by atoms with E-state index in [1.165, 1.54) is 0 Å². The molecule has 2 amide bonds. The van der Waals surface area contributed by atoms with E-state index in [4.69, 9.17) is 0 Å². The topological polar surface area (TPSA) is 49.4 Å². The Balaban J connectivity index is 1.54. The van der Waals surface area contributed by atoms with Gasteiger partial charge in [0.2, 0.25) is 11.8 Å². The third-order valence-electron chi connectivity index (χ3n) is 4.27. The summed E-state index contributed by atoms with van der Waals surface area (Å²) in [6, 6.07) is 17.5. The van der Waals surface area contributed by atoms with Gasteiger partial charge in [0, 0.05) is 30.8 Å². The van der Waals surface area contributed by atoms with Crippen LogP contribution in [0.1, 0.15) is 31.2 Å². The summed E-state index contributed by atoms with van der Waals surface area (Å²) in [4.78, 5) is 25.8. The average molecular weight is 322 g/mol. The highest BCUT2D eigenvalue weighted by Gasteiger charge is 2.19. The summed E-state index contributed by atoms with van der Waals surface area (Å²) in [5, 5.41) is 2.91. The number of anilines is 2. The number of carbonyl (C=O) groups excluding carboxylic acids is 2. The molecular weight excluding hydrogens is 300 g/mol. The van der Waals surface area contributed by atoms with Crippen LogP contribution in [0.2, 0.25) is 0 Å². The molecule has 1 aliphatic rings. The number of benzene rings is 2. The molecule has 0 saturated carbocycles. The summed E-state index contributed by atoms with van der Waals surface area (Å²) < 4.78 is 0. The van der Waals surface area contributed by atoms with E-state index in [2.05, 4.69) is 5.32 Å². The fourth-order valence-corrected chi connectivity index (χ4v) is 2.93. The van der Waals surface area contributed by atoms with Gasteiger partial charge in [0.05, 0.1) is 0 Å². The first-order valence-electron chi connectivity index (χ1n) is 8.46. The zero-order valence-electron chi connectivity index (χ0n) is 13.7. The van der Waals surface area contributed by atoms with Crippen molar-refractivity contribution in [3.8, 4) is 0 Å². The Labute approximate surface area is 142 Å². The Hall–Kier alpha value is -2.62. The highest BCUT2D eigenvalue weighted by atomic mass is 16.2. The third kappa shape index (κ3) is 4.22. The number of hydrogen-bond acceptors (Lipinski definition) is 2. The Morgan fingerprint density at radius 3 is 2.46 bits per heavy atom. The van der Waals surface area contributed by atoms with Gasteiger partial charge in [-0.05, 0) is 49.1 Å². The lowest BCUT2D eigenvalue weighted by Gasteiger charge is -2.26. The molecule has 0 bridgehead atoms. The van der Waals surface area contributed by atoms with Gasteiger partial charge in [0.1, 0.15) is 0 Å². The maximum Gasteiger partial charge on any atom is 0.226 e. The minimum absolute atomic E-state index is 0.000604. The number of aryl methyl sites for hydroxylation is 1. The molecule has 2 aromatic carbocycles. The van der Waals surface area contributed by atoms with Crippen molar-refractivity contribution in [3.63, 3.8) is 0 Å². The Kier molecular flexibility index (Phi) is 5.26. The number of nitrogens with one attached hydrogen (secondary N) is 1. The van der Waals surface area contributed by atoms with E-state index in [1.54, 1.807) is 0 Å². The first-order valence-corrected chi connectivity index (χ1v) is 8.46. The van der Waals surface area contributed by atoms with Gasteiger partial charge in [-0.15, -0.1) is 0 Å². The second kappa shape index (κ2) is 7.77. The maximum atomic E-state index is 12.0. The van der Waals surface area contributed by atoms with Crippen molar-refractivity contribution in [2.75, 3.05) is 16.8 Å². The second-order valence-electron chi connectivity index (χ2n) is 6.08. The molecule has 1 fully saturated rings. The van der Waals surface area contributed by atoms with Gasteiger partial charge in [0.25, 0.3) is 0 Å². The lowest BCUT2D eigenvalue weighted by Crippen LogP contribution is -2.35. The molecule has 4 nitrogen and oxygen atoms in total. The van der Waals surface area contributed by atoms with Crippen molar-refractivity contribution in [1.29, 1.82) is 0 Å². The second-order valence-corrected chi connectivity index (χ2v) is 6.08. The molecule has 24 heavy (non-hydrogen) atoms. The third-order valence-corrected chi connectivity index (χ3v) is 4.27. The lowest BCUT2D eigenvalue weighted by molar-refractivity contribution is -0.119. The zero-order valence-corrected chi connectivity index (χ0v) is 13.7. The molecule has 1 N–H and O–H groups in total. The quantitative estimate of drug-likeness (QED) is 0.911. The van der Waals surface area contributed by atoms with Crippen LogP contribution in [0.25, 0.3) is 0 Å². The van der Waals surface area contributed by atoms with Crippen LogP contribution in [0.15, 0.2) is 54.6 Å². The summed E-state index contributed by atoms with van der Waals surface area (Å²) in [5.74, 6) is 0.182. The van der Waals surface area contributed by atoms with Crippen molar-refractivity contribution in [3.05, 3.63) is 60.2 Å². The Morgan fingerprint density at radius 2 is 1.75 bits per heavy atom. The largest absolute Gasteiger partial charge is 0.326 e. The molecule has 0 aliphatic carbocycles. The van der Waals surface area contributed by atoms with Crippen molar-refractivity contribution < 1.29 is 9.59 Å². The molecule has 0 aromatic heterocycles. The molecule has 124 valence electrons. The summed E-state index contributed by atoms with van der Waals surface area (Å²) >= 11 is 0. The van der Waals surface area contributed by atoms with Crippen LogP contribution in [-0.4, -0.2) is 18.4 Å². The molecule has 1 saturated heterocycles. The number of nitrogens with zero attached hydrogens (tertiary/aromatic N) is 1. The molecule has 1 heterocycles. The predicted molar refractivity (Wildman–Crippen MR) is 96.0 cm³/mol. The maximum absolute atomic E-state index is 12.0. The SMILES string of the molecule is O=C(CCc1ccccc1)Nc1ccc(N2CCCCC2=O)cc1. The standard InChI is InChI=1S/C20H22N2O2/c23-19(14-9-16-6-2-1-3-7-16)21-17-10-12-18(13-11-17)22-15-5-4-8-20(22)24/h1-3,6-7,10-13H,4-5,8-9,14-15H2,(H,21,23). The van der Waals surface area contributed by atoms with Crippen molar-refractivity contribution >= 4 is 23.2 Å². The molecule has 0 radical (unpaired) electrons. The van der Waals surface area contributed by atoms with Gasteiger partial charge < -0.3 is 10.2 Å². The van der Waals surface area contributed by atoms with E-state index in [-0.39, 0.29) is 11.8 Å². The highest BCUT2D eigenvalue weighted by Crippen LogP contribution is 2.22. The van der Waals surface area contributed by atoms with E-state index < -0.39 is 0 Å². The zero-order chi connectivity index (χ0) is 16.8. The molecule has 1 aliphatic heterocycles. The molecule has 0 atom stereocenters. The van der Waals surface area contributed by atoms with Crippen LogP contribution in [-0.2, 0) is 16.0 Å². The van der Waals surface area contributed by atoms with Crippen molar-refractivity contribution in [2.45, 2.75) is 32.1 Å². The van der Waals surface area contributed by atoms with Crippen LogP contribution in [0.5, 0.6) is 0 Å². The summed E-state index contributed by atoms with van der Waals surface area (Å²) in [7, 11) is 0. The first-order chi connectivity index (χ1) is 11.7. The van der Waals surface area contributed by atoms with Gasteiger partial charge in [-0.25, -0.2) is 0 Å². The normalized spacial score (nSPS) is 14.5. The van der Waals surface area contributed by atoms with Crippen LogP contribution < -0.4 is 10.2 Å². The van der Waals surface area contributed by atoms with Gasteiger partial charge in [0.15, 0.2) is 0 Å². The number of rotatable bonds is 5. The molecule has 0 spiro atoms. The smallest absolute Gasteiger partial charge is 0.226 e. The molecule has 4 heteroatoms. The fraction of sp³-hybridized carbons (Fsp3) is 0.300. The van der Waals surface area contributed by atoms with E-state index in [0.29, 0.717) is 12.8 Å². The minimum Gasteiger partial charge on any atom is -0.326 e. The highest BCUT2D eigenvalue weighted by molar-refractivity contribution is 5.95. The van der Waals surface area contributed by atoms with E-state index >= 15 is 0 Å². The van der Waals surface area contributed by atoms with E-state index in [1.807, 2.05) is 59.5 Å². The Morgan fingerprint density at radius 1 is 1.00 bits per heavy atom. The molecule has 2 aromatic rings. The molecular formula is C20H22N2O2. The van der Waals surface area contributed by atoms with Crippen LogP contribution in [0.4, 0.5) is 11.4 Å². The molecule has 0 unspecified atom stereocenters. The Bertz CT molecular complexity index is 695. The lowest BCUT2D eigenvalue weighted by atomic mass is 10.1. The predicted octanol–water partition coefficient (Wildman–Crippen LogP) is 3.77. The van der Waals surface area contributed by atoms with Crippen molar-refractivity contribution in [1.82, 2.24) is 0 Å². The van der Waals surface area contributed by atoms with Gasteiger partial charge >= 0.3 is 0 Å². The van der Waals surface area contributed by atoms with Gasteiger partial charge in [-0.3, -0.25) is 9.59 Å². The minimum atomic E-state index is 0.000604. The summed E-state index contributed by atoms with van der Waals surface area (Å²) in [6.07, 6.45) is 3.83. The number of amides is 2. The van der Waals surface area contributed by atoms with E-state index in [9.17, 15) is 9.59 Å². The molecule has 3 rings (SSSR count). The number of piperidine rings is 1. The van der Waals surface area contributed by atoms with Crippen molar-refractivity contribution in [2.24, 2.45) is 0 Å². The first kappa shape index (κ1) is 16.2. The van der Waals surface area contributed by atoms with Gasteiger partial charge in [-0.1, -0.05) is 30.3 Å². The van der Waals surface area contributed by atoms with Gasteiger partial charge in [-0.2, -0.15) is 0 Å². The number of hydrogen-bond donors (Lipinski definition) is 1. The fourth-order valence-electron chi connectivity index (χ4n) is 2.93. The van der Waals surface area contributed by atoms with Crippen LogP contribution in [0, 0.1) is 0 Å². The number of carbonyl (C=O) groups is 2. The monoisotopic (exact) mass is 322 g/mol. The van der Waals surface area contributed by atoms with Crippen LogP contribution in [0.3, 0.4) is 0 Å². The average Bonchev–Trinajstić information content (AvgIpc) is 2.62.